The Labute approximate surface area is 130 Å². The minimum absolute atomic E-state index is 0. The van der Waals surface area contributed by atoms with E-state index in [1.165, 1.54) is 6.07 Å². The second kappa shape index (κ2) is 7.73. The van der Waals surface area contributed by atoms with E-state index >= 15 is 0 Å². The number of rotatable bonds is 3. The maximum atomic E-state index is 13.8. The topological polar surface area (TPSA) is 55.6 Å². The first-order valence-electron chi connectivity index (χ1n) is 6.91. The van der Waals surface area contributed by atoms with Gasteiger partial charge in [0.25, 0.3) is 0 Å². The summed E-state index contributed by atoms with van der Waals surface area (Å²) in [6.07, 6.45) is -0.408. The predicted molar refractivity (Wildman–Crippen MR) is 81.7 cm³/mol. The third-order valence-corrected chi connectivity index (χ3v) is 3.81. The van der Waals surface area contributed by atoms with E-state index < -0.39 is 6.10 Å². The lowest BCUT2D eigenvalue weighted by Gasteiger charge is -2.35. The summed E-state index contributed by atoms with van der Waals surface area (Å²) in [6.45, 7) is 4.95. The zero-order valence-electron chi connectivity index (χ0n) is 12.3. The number of ether oxygens (including phenoxy) is 1. The minimum Gasteiger partial charge on any atom is -0.370 e. The molecule has 2 N–H and O–H groups in total. The van der Waals surface area contributed by atoms with E-state index in [4.69, 9.17) is 10.5 Å². The first-order valence-corrected chi connectivity index (χ1v) is 6.91. The number of carbonyl (C=O) groups is 1. The van der Waals surface area contributed by atoms with E-state index in [0.29, 0.717) is 25.3 Å². The van der Waals surface area contributed by atoms with Crippen molar-refractivity contribution in [3.63, 3.8) is 0 Å². The van der Waals surface area contributed by atoms with Gasteiger partial charge in [-0.25, -0.2) is 4.39 Å². The van der Waals surface area contributed by atoms with Crippen molar-refractivity contribution in [2.75, 3.05) is 19.7 Å². The van der Waals surface area contributed by atoms with Crippen LogP contribution in [0.5, 0.6) is 0 Å². The maximum Gasteiger partial charge on any atom is 0.227 e. The highest BCUT2D eigenvalue weighted by Gasteiger charge is 2.30. The van der Waals surface area contributed by atoms with E-state index in [0.717, 1.165) is 0 Å². The number of hydrogen-bond acceptors (Lipinski definition) is 3. The number of hydrogen-bond donors (Lipinski definition) is 1. The molecule has 0 saturated carbocycles. The Morgan fingerprint density at radius 2 is 2.10 bits per heavy atom. The van der Waals surface area contributed by atoms with Gasteiger partial charge in [-0.05, 0) is 13.0 Å². The first kappa shape index (κ1) is 17.9. The van der Waals surface area contributed by atoms with Crippen molar-refractivity contribution in [1.29, 1.82) is 0 Å². The molecule has 118 valence electrons. The van der Waals surface area contributed by atoms with Crippen LogP contribution < -0.4 is 5.73 Å². The Kier molecular flexibility index (Phi) is 6.58. The number of morpholine rings is 1. The lowest BCUT2D eigenvalue weighted by molar-refractivity contribution is -0.143. The molecule has 1 amide bonds. The fraction of sp³-hybridized carbons (Fsp3) is 0.533. The van der Waals surface area contributed by atoms with Gasteiger partial charge in [-0.3, -0.25) is 4.79 Å². The molecule has 4 nitrogen and oxygen atoms in total. The summed E-state index contributed by atoms with van der Waals surface area (Å²) in [7, 11) is 0. The van der Waals surface area contributed by atoms with Crippen LogP contribution in [-0.2, 0) is 9.53 Å². The second-order valence-electron chi connectivity index (χ2n) is 5.31. The molecule has 21 heavy (non-hydrogen) atoms. The Bertz CT molecular complexity index is 484. The highest BCUT2D eigenvalue weighted by atomic mass is 35.5. The van der Waals surface area contributed by atoms with E-state index in [-0.39, 0.29) is 36.1 Å². The summed E-state index contributed by atoms with van der Waals surface area (Å²) in [5.74, 6) is -0.536. The number of benzene rings is 1. The van der Waals surface area contributed by atoms with Gasteiger partial charge in [-0.15, -0.1) is 12.4 Å². The highest BCUT2D eigenvalue weighted by molar-refractivity contribution is 5.85. The summed E-state index contributed by atoms with van der Waals surface area (Å²) in [4.78, 5) is 14.0. The number of amides is 1. The normalized spacial score (nSPS) is 21.3. The van der Waals surface area contributed by atoms with E-state index in [1.54, 1.807) is 23.1 Å². The largest absolute Gasteiger partial charge is 0.370 e. The molecule has 0 spiro atoms. The van der Waals surface area contributed by atoms with Crippen molar-refractivity contribution in [3.8, 4) is 0 Å². The summed E-state index contributed by atoms with van der Waals surface area (Å²) >= 11 is 0. The van der Waals surface area contributed by atoms with Gasteiger partial charge >= 0.3 is 0 Å². The van der Waals surface area contributed by atoms with E-state index in [1.807, 2.05) is 13.8 Å². The van der Waals surface area contributed by atoms with E-state index in [2.05, 4.69) is 0 Å². The van der Waals surface area contributed by atoms with Crippen LogP contribution in [0.1, 0.15) is 25.5 Å². The molecule has 1 saturated heterocycles. The molecule has 1 aromatic carbocycles. The molecule has 3 unspecified atom stereocenters. The van der Waals surface area contributed by atoms with Crippen molar-refractivity contribution in [1.82, 2.24) is 4.90 Å². The molecule has 3 atom stereocenters. The molecule has 2 rings (SSSR count). The van der Waals surface area contributed by atoms with Gasteiger partial charge in [-0.2, -0.15) is 0 Å². The minimum atomic E-state index is -0.408. The van der Waals surface area contributed by atoms with Crippen molar-refractivity contribution in [2.45, 2.75) is 26.0 Å². The van der Waals surface area contributed by atoms with Crippen LogP contribution in [0.4, 0.5) is 4.39 Å². The smallest absolute Gasteiger partial charge is 0.227 e. The average Bonchev–Trinajstić information content (AvgIpc) is 2.46. The number of nitrogens with two attached hydrogens (primary N) is 1. The van der Waals surface area contributed by atoms with Crippen LogP contribution >= 0.6 is 12.4 Å². The Morgan fingerprint density at radius 3 is 2.71 bits per heavy atom. The van der Waals surface area contributed by atoms with Crippen LogP contribution in [0.2, 0.25) is 0 Å². The molecule has 0 aromatic heterocycles. The lowest BCUT2D eigenvalue weighted by atomic mass is 10.0. The van der Waals surface area contributed by atoms with Crippen LogP contribution in [-0.4, -0.2) is 36.5 Å². The standard InChI is InChI=1S/C15H21FN2O2.ClH/c1-10(11(2)17)15(19)18-7-8-20-14(9-18)12-5-3-4-6-13(12)16;/h3-6,10-11,14H,7-9,17H2,1-2H3;1H. The zero-order chi connectivity index (χ0) is 14.7. The van der Waals surface area contributed by atoms with Crippen molar-refractivity contribution in [3.05, 3.63) is 35.6 Å². The fourth-order valence-corrected chi connectivity index (χ4v) is 2.29. The SMILES string of the molecule is CC(N)C(C)C(=O)N1CCOC(c2ccccc2F)C1.Cl. The molecule has 1 aliphatic rings. The summed E-state index contributed by atoms with van der Waals surface area (Å²) in [5, 5.41) is 0. The molecular formula is C15H22ClFN2O2. The van der Waals surface area contributed by atoms with Gasteiger partial charge in [0.1, 0.15) is 11.9 Å². The van der Waals surface area contributed by atoms with Gasteiger partial charge in [0.2, 0.25) is 5.91 Å². The van der Waals surface area contributed by atoms with E-state index in [9.17, 15) is 9.18 Å². The molecule has 0 aliphatic carbocycles. The molecule has 1 heterocycles. The average molecular weight is 317 g/mol. The number of carbonyl (C=O) groups excluding carboxylic acids is 1. The van der Waals surface area contributed by atoms with Gasteiger partial charge in [0.15, 0.2) is 0 Å². The quantitative estimate of drug-likeness (QED) is 0.929. The van der Waals surface area contributed by atoms with Crippen LogP contribution in [0.15, 0.2) is 24.3 Å². The predicted octanol–water partition coefficient (Wildman–Crippen LogP) is 2.13. The number of halogens is 2. The van der Waals surface area contributed by atoms with Gasteiger partial charge in [0.05, 0.1) is 19.1 Å². The molecule has 0 bridgehead atoms. The third-order valence-electron chi connectivity index (χ3n) is 3.81. The van der Waals surface area contributed by atoms with Gasteiger partial charge < -0.3 is 15.4 Å². The first-order chi connectivity index (χ1) is 9.50. The fourth-order valence-electron chi connectivity index (χ4n) is 2.29. The van der Waals surface area contributed by atoms with Gasteiger partial charge in [0, 0.05) is 18.2 Å². The van der Waals surface area contributed by atoms with Gasteiger partial charge in [-0.1, -0.05) is 25.1 Å². The van der Waals surface area contributed by atoms with Crippen molar-refractivity contribution in [2.24, 2.45) is 11.7 Å². The monoisotopic (exact) mass is 316 g/mol. The molecule has 1 aromatic rings. The Balaban J connectivity index is 0.00000220. The summed E-state index contributed by atoms with van der Waals surface area (Å²) in [6, 6.07) is 6.32. The maximum absolute atomic E-state index is 13.8. The lowest BCUT2D eigenvalue weighted by Crippen LogP contribution is -2.47. The molecule has 6 heteroatoms. The second-order valence-corrected chi connectivity index (χ2v) is 5.31. The van der Waals surface area contributed by atoms with Crippen LogP contribution in [0.25, 0.3) is 0 Å². The van der Waals surface area contributed by atoms with Crippen molar-refractivity contribution >= 4 is 18.3 Å². The highest BCUT2D eigenvalue weighted by Crippen LogP contribution is 2.25. The third kappa shape index (κ3) is 4.15. The molecule has 1 fully saturated rings. The number of nitrogens with zero attached hydrogens (tertiary/aromatic N) is 1. The Hall–Kier alpha value is -1.17. The molecule has 1 aliphatic heterocycles. The Morgan fingerprint density at radius 1 is 1.43 bits per heavy atom. The zero-order valence-corrected chi connectivity index (χ0v) is 13.1. The molecular weight excluding hydrogens is 295 g/mol. The van der Waals surface area contributed by atoms with Crippen LogP contribution in [0, 0.1) is 11.7 Å². The molecule has 0 radical (unpaired) electrons. The van der Waals surface area contributed by atoms with Crippen molar-refractivity contribution < 1.29 is 13.9 Å². The van der Waals surface area contributed by atoms with Crippen LogP contribution in [0.3, 0.4) is 0 Å². The summed E-state index contributed by atoms with van der Waals surface area (Å²) in [5.41, 5.74) is 6.27. The summed E-state index contributed by atoms with van der Waals surface area (Å²) < 4.78 is 19.4.